The van der Waals surface area contributed by atoms with Crippen LogP contribution in [0.25, 0.3) is 11.3 Å². The van der Waals surface area contributed by atoms with E-state index in [1.54, 1.807) is 18.5 Å². The standard InChI is InChI=1S/C22H25N5O2/c1-26-20-10-4-9-17(20)19(24-26)14-27(16-7-2-3-8-16)22(28)18-12-21(29-25-18)15-6-5-11-23-13-15/h5-6,11-13,16H,2-4,7-10,14H2,1H3. The maximum absolute atomic E-state index is 13.4. The maximum atomic E-state index is 13.4. The predicted molar refractivity (Wildman–Crippen MR) is 107 cm³/mol. The van der Waals surface area contributed by atoms with Crippen LogP contribution >= 0.6 is 0 Å². The summed E-state index contributed by atoms with van der Waals surface area (Å²) < 4.78 is 7.45. The zero-order chi connectivity index (χ0) is 19.8. The van der Waals surface area contributed by atoms with Gasteiger partial charge in [0.2, 0.25) is 0 Å². The molecule has 1 saturated carbocycles. The van der Waals surface area contributed by atoms with Crippen molar-refractivity contribution >= 4 is 5.91 Å². The Morgan fingerprint density at radius 2 is 2.14 bits per heavy atom. The Morgan fingerprint density at radius 3 is 2.93 bits per heavy atom. The quantitative estimate of drug-likeness (QED) is 0.665. The summed E-state index contributed by atoms with van der Waals surface area (Å²) in [4.78, 5) is 19.5. The van der Waals surface area contributed by atoms with Gasteiger partial charge in [0, 0.05) is 42.8 Å². The minimum Gasteiger partial charge on any atom is -0.355 e. The summed E-state index contributed by atoms with van der Waals surface area (Å²) >= 11 is 0. The molecule has 7 heteroatoms. The van der Waals surface area contributed by atoms with E-state index in [1.165, 1.54) is 17.7 Å². The van der Waals surface area contributed by atoms with E-state index in [0.29, 0.717) is 18.0 Å². The molecule has 0 spiro atoms. The molecule has 29 heavy (non-hydrogen) atoms. The van der Waals surface area contributed by atoms with Gasteiger partial charge in [-0.15, -0.1) is 0 Å². The Bertz CT molecular complexity index is 1020. The van der Waals surface area contributed by atoms with Crippen molar-refractivity contribution in [2.24, 2.45) is 7.05 Å². The fourth-order valence-corrected chi connectivity index (χ4v) is 4.74. The fourth-order valence-electron chi connectivity index (χ4n) is 4.74. The molecule has 0 aromatic carbocycles. The summed E-state index contributed by atoms with van der Waals surface area (Å²) in [6.45, 7) is 0.543. The average Bonchev–Trinajstić information content (AvgIpc) is 3.53. The van der Waals surface area contributed by atoms with E-state index >= 15 is 0 Å². The monoisotopic (exact) mass is 391 g/mol. The van der Waals surface area contributed by atoms with Crippen molar-refractivity contribution in [3.05, 3.63) is 53.2 Å². The van der Waals surface area contributed by atoms with Crippen molar-refractivity contribution in [1.29, 1.82) is 0 Å². The highest BCUT2D eigenvalue weighted by Gasteiger charge is 2.32. The van der Waals surface area contributed by atoms with Crippen molar-refractivity contribution in [1.82, 2.24) is 24.8 Å². The van der Waals surface area contributed by atoms with Gasteiger partial charge in [-0.05, 0) is 49.8 Å². The van der Waals surface area contributed by atoms with Gasteiger partial charge < -0.3 is 9.42 Å². The lowest BCUT2D eigenvalue weighted by molar-refractivity contribution is 0.0650. The van der Waals surface area contributed by atoms with E-state index in [-0.39, 0.29) is 11.9 Å². The number of hydrogen-bond donors (Lipinski definition) is 0. The number of carbonyl (C=O) groups is 1. The molecular formula is C22H25N5O2. The van der Waals surface area contributed by atoms with Crippen LogP contribution in [0, 0.1) is 0 Å². The van der Waals surface area contributed by atoms with Crippen molar-refractivity contribution in [2.45, 2.75) is 57.5 Å². The number of carbonyl (C=O) groups excluding carboxylic acids is 1. The lowest BCUT2D eigenvalue weighted by atomic mass is 10.1. The Balaban J connectivity index is 1.44. The third-order valence-electron chi connectivity index (χ3n) is 6.22. The molecule has 5 rings (SSSR count). The van der Waals surface area contributed by atoms with Crippen LogP contribution in [-0.2, 0) is 26.4 Å². The van der Waals surface area contributed by atoms with Crippen molar-refractivity contribution in [2.75, 3.05) is 0 Å². The van der Waals surface area contributed by atoms with Crippen LogP contribution in [0.5, 0.6) is 0 Å². The average molecular weight is 391 g/mol. The number of aryl methyl sites for hydroxylation is 1. The molecule has 0 atom stereocenters. The number of amides is 1. The molecule has 0 unspecified atom stereocenters. The Hall–Kier alpha value is -2.96. The third kappa shape index (κ3) is 3.34. The lowest BCUT2D eigenvalue weighted by Crippen LogP contribution is -2.38. The highest BCUT2D eigenvalue weighted by Crippen LogP contribution is 2.30. The van der Waals surface area contributed by atoms with E-state index in [9.17, 15) is 4.79 Å². The van der Waals surface area contributed by atoms with Gasteiger partial charge in [-0.2, -0.15) is 5.10 Å². The summed E-state index contributed by atoms with van der Waals surface area (Å²) in [6, 6.07) is 5.70. The Kier molecular flexibility index (Phi) is 4.66. The largest absolute Gasteiger partial charge is 0.355 e. The van der Waals surface area contributed by atoms with Gasteiger partial charge in [-0.3, -0.25) is 14.5 Å². The molecule has 0 aliphatic heterocycles. The van der Waals surface area contributed by atoms with Crippen LogP contribution in [0.3, 0.4) is 0 Å². The van der Waals surface area contributed by atoms with E-state index in [4.69, 9.17) is 9.62 Å². The highest BCUT2D eigenvalue weighted by molar-refractivity contribution is 5.93. The van der Waals surface area contributed by atoms with E-state index in [0.717, 1.165) is 49.8 Å². The molecule has 150 valence electrons. The molecule has 3 heterocycles. The first-order valence-electron chi connectivity index (χ1n) is 10.4. The number of pyridine rings is 1. The Morgan fingerprint density at radius 1 is 1.28 bits per heavy atom. The van der Waals surface area contributed by atoms with Gasteiger partial charge >= 0.3 is 0 Å². The first-order chi connectivity index (χ1) is 14.2. The molecule has 0 radical (unpaired) electrons. The molecule has 0 saturated heterocycles. The minimum absolute atomic E-state index is 0.0757. The van der Waals surface area contributed by atoms with Gasteiger partial charge in [0.1, 0.15) is 0 Å². The lowest BCUT2D eigenvalue weighted by Gasteiger charge is -2.27. The molecule has 3 aromatic heterocycles. The number of rotatable bonds is 5. The van der Waals surface area contributed by atoms with Crippen LogP contribution < -0.4 is 0 Å². The predicted octanol–water partition coefficient (Wildman–Crippen LogP) is 3.54. The first-order valence-corrected chi connectivity index (χ1v) is 10.4. The molecule has 2 aliphatic rings. The van der Waals surface area contributed by atoms with Crippen LogP contribution in [0.15, 0.2) is 35.1 Å². The SMILES string of the molecule is Cn1nc(CN(C(=O)c2cc(-c3cccnc3)on2)C2CCCC2)c2c1CCC2. The summed E-state index contributed by atoms with van der Waals surface area (Å²) in [5.41, 5.74) is 4.85. The van der Waals surface area contributed by atoms with E-state index < -0.39 is 0 Å². The van der Waals surface area contributed by atoms with Crippen LogP contribution in [0.2, 0.25) is 0 Å². The van der Waals surface area contributed by atoms with Crippen LogP contribution in [-0.4, -0.2) is 36.8 Å². The zero-order valence-corrected chi connectivity index (χ0v) is 16.7. The van der Waals surface area contributed by atoms with Gasteiger partial charge in [-0.1, -0.05) is 18.0 Å². The van der Waals surface area contributed by atoms with Crippen LogP contribution in [0.4, 0.5) is 0 Å². The fraction of sp³-hybridized carbons (Fsp3) is 0.455. The normalized spacial score (nSPS) is 16.3. The molecule has 1 fully saturated rings. The van der Waals surface area contributed by atoms with Gasteiger partial charge in [0.05, 0.1) is 12.2 Å². The van der Waals surface area contributed by atoms with Crippen molar-refractivity contribution in [3.8, 4) is 11.3 Å². The number of hydrogen-bond acceptors (Lipinski definition) is 5. The second kappa shape index (κ2) is 7.46. The summed E-state index contributed by atoms with van der Waals surface area (Å²) in [6.07, 6.45) is 11.1. The second-order valence-corrected chi connectivity index (χ2v) is 8.04. The van der Waals surface area contributed by atoms with Crippen molar-refractivity contribution < 1.29 is 9.32 Å². The molecule has 1 amide bonds. The number of aromatic nitrogens is 4. The summed E-state index contributed by atoms with van der Waals surface area (Å²) in [7, 11) is 2.01. The number of nitrogens with zero attached hydrogens (tertiary/aromatic N) is 5. The van der Waals surface area contributed by atoms with E-state index in [1.807, 2.05) is 28.8 Å². The Labute approximate surface area is 169 Å². The van der Waals surface area contributed by atoms with Gasteiger partial charge in [0.25, 0.3) is 5.91 Å². The molecule has 2 aliphatic carbocycles. The van der Waals surface area contributed by atoms with Gasteiger partial charge in [0.15, 0.2) is 11.5 Å². The molecule has 0 N–H and O–H groups in total. The molecule has 7 nitrogen and oxygen atoms in total. The van der Waals surface area contributed by atoms with Crippen LogP contribution in [0.1, 0.15) is 59.5 Å². The smallest absolute Gasteiger partial charge is 0.276 e. The molecule has 0 bridgehead atoms. The topological polar surface area (TPSA) is 77.0 Å². The van der Waals surface area contributed by atoms with Crippen molar-refractivity contribution in [3.63, 3.8) is 0 Å². The van der Waals surface area contributed by atoms with E-state index in [2.05, 4.69) is 10.1 Å². The highest BCUT2D eigenvalue weighted by atomic mass is 16.5. The summed E-state index contributed by atoms with van der Waals surface area (Å²) in [5, 5.41) is 8.83. The number of fused-ring (bicyclic) bond motifs is 1. The zero-order valence-electron chi connectivity index (χ0n) is 16.7. The van der Waals surface area contributed by atoms with Gasteiger partial charge in [-0.25, -0.2) is 0 Å². The molecular weight excluding hydrogens is 366 g/mol. The molecule has 3 aromatic rings. The summed E-state index contributed by atoms with van der Waals surface area (Å²) in [5.74, 6) is 0.486. The minimum atomic E-state index is -0.0757. The third-order valence-corrected chi connectivity index (χ3v) is 6.22. The first kappa shape index (κ1) is 18.1. The second-order valence-electron chi connectivity index (χ2n) is 8.04. The maximum Gasteiger partial charge on any atom is 0.276 e.